The second kappa shape index (κ2) is 6.89. The fourth-order valence-electron chi connectivity index (χ4n) is 4.24. The zero-order valence-corrected chi connectivity index (χ0v) is 19.0. The van der Waals surface area contributed by atoms with Crippen molar-refractivity contribution in [3.05, 3.63) is 41.0 Å². The van der Waals surface area contributed by atoms with Gasteiger partial charge in [-0.05, 0) is 57.9 Å². The van der Waals surface area contributed by atoms with Gasteiger partial charge in [0.05, 0.1) is 17.7 Å². The first-order valence-corrected chi connectivity index (χ1v) is 10.9. The van der Waals surface area contributed by atoms with Crippen LogP contribution in [0.2, 0.25) is 5.02 Å². The Labute approximate surface area is 186 Å². The average Bonchev–Trinajstić information content (AvgIpc) is 3.38. The van der Waals surface area contributed by atoms with Crippen molar-refractivity contribution < 1.29 is 14.3 Å². The summed E-state index contributed by atoms with van der Waals surface area (Å²) in [6, 6.07) is 7.72. The van der Waals surface area contributed by atoms with E-state index in [9.17, 15) is 4.79 Å². The standard InChI is InChI=1S/C24H26ClN3O3/c1-23(2,3)31-22(29)17-11-26-19-10-18(25)15(9-16(17)19)14-5-6-20(27-21(14)30-4)28-12-24(13-28)7-8-24/h5-6,9-11,26H,7-8,12-13H2,1-4H3. The molecule has 0 amide bonds. The lowest BCUT2D eigenvalue weighted by atomic mass is 9.97. The summed E-state index contributed by atoms with van der Waals surface area (Å²) in [5.41, 5.74) is 2.77. The smallest absolute Gasteiger partial charge is 0.340 e. The van der Waals surface area contributed by atoms with Gasteiger partial charge in [0.1, 0.15) is 11.4 Å². The molecule has 1 aliphatic heterocycles. The molecule has 6 nitrogen and oxygen atoms in total. The molecule has 0 unspecified atom stereocenters. The maximum Gasteiger partial charge on any atom is 0.340 e. The Balaban J connectivity index is 1.52. The SMILES string of the molecule is COc1nc(N2CC3(CC3)C2)ccc1-c1cc2c(C(=O)OC(C)(C)C)c[nH]c2cc1Cl. The number of hydrogen-bond donors (Lipinski definition) is 1. The fraction of sp³-hybridized carbons (Fsp3) is 0.417. The van der Waals surface area contributed by atoms with Crippen molar-refractivity contribution in [1.82, 2.24) is 9.97 Å². The summed E-state index contributed by atoms with van der Waals surface area (Å²) in [7, 11) is 1.61. The number of anilines is 1. The van der Waals surface area contributed by atoms with E-state index in [1.807, 2.05) is 45.0 Å². The minimum Gasteiger partial charge on any atom is -0.480 e. The van der Waals surface area contributed by atoms with Crippen molar-refractivity contribution in [2.75, 3.05) is 25.1 Å². The third-order valence-corrected chi connectivity index (χ3v) is 6.36. The molecule has 0 bridgehead atoms. The Morgan fingerprint density at radius 1 is 1.19 bits per heavy atom. The summed E-state index contributed by atoms with van der Waals surface area (Å²) in [5.74, 6) is 1.07. The van der Waals surface area contributed by atoms with E-state index < -0.39 is 5.60 Å². The summed E-state index contributed by atoms with van der Waals surface area (Å²) in [5, 5.41) is 1.30. The second-order valence-corrected chi connectivity index (χ2v) is 10.1. The summed E-state index contributed by atoms with van der Waals surface area (Å²) < 4.78 is 11.2. The lowest BCUT2D eigenvalue weighted by Crippen LogP contribution is -2.48. The van der Waals surface area contributed by atoms with Crippen molar-refractivity contribution in [2.24, 2.45) is 5.41 Å². The number of halogens is 1. The van der Waals surface area contributed by atoms with Crippen LogP contribution in [0.1, 0.15) is 44.0 Å². The third-order valence-electron chi connectivity index (χ3n) is 6.05. The number of nitrogens with zero attached hydrogens (tertiary/aromatic N) is 2. The number of fused-ring (bicyclic) bond motifs is 1. The monoisotopic (exact) mass is 439 g/mol. The molecular formula is C24H26ClN3O3. The van der Waals surface area contributed by atoms with Crippen molar-refractivity contribution in [3.63, 3.8) is 0 Å². The highest BCUT2D eigenvalue weighted by Gasteiger charge is 2.52. The van der Waals surface area contributed by atoms with E-state index >= 15 is 0 Å². The Kier molecular flexibility index (Phi) is 4.49. The highest BCUT2D eigenvalue weighted by atomic mass is 35.5. The number of esters is 1. The average molecular weight is 440 g/mol. The number of rotatable bonds is 4. The van der Waals surface area contributed by atoms with E-state index in [1.54, 1.807) is 13.3 Å². The number of pyridine rings is 1. The first-order chi connectivity index (χ1) is 14.7. The van der Waals surface area contributed by atoms with Crippen LogP contribution in [0.5, 0.6) is 5.88 Å². The van der Waals surface area contributed by atoms with E-state index in [2.05, 4.69) is 9.88 Å². The van der Waals surface area contributed by atoms with Crippen LogP contribution in [-0.4, -0.2) is 41.7 Å². The maximum absolute atomic E-state index is 12.7. The molecule has 1 saturated carbocycles. The van der Waals surface area contributed by atoms with E-state index in [0.29, 0.717) is 21.9 Å². The van der Waals surface area contributed by atoms with Crippen molar-refractivity contribution in [2.45, 2.75) is 39.2 Å². The minimum absolute atomic E-state index is 0.376. The molecule has 3 aromatic rings. The highest BCUT2D eigenvalue weighted by Crippen LogP contribution is 2.54. The van der Waals surface area contributed by atoms with Crippen LogP contribution in [0, 0.1) is 5.41 Å². The Bertz CT molecular complexity index is 1180. The lowest BCUT2D eigenvalue weighted by molar-refractivity contribution is 0.00719. The number of nitrogens with one attached hydrogen (secondary N) is 1. The van der Waals surface area contributed by atoms with E-state index in [1.165, 1.54) is 12.8 Å². The first-order valence-electron chi connectivity index (χ1n) is 10.5. The molecule has 1 spiro atoms. The predicted molar refractivity (Wildman–Crippen MR) is 122 cm³/mol. The van der Waals surface area contributed by atoms with Crippen molar-refractivity contribution in [3.8, 4) is 17.0 Å². The van der Waals surface area contributed by atoms with E-state index in [-0.39, 0.29) is 5.97 Å². The number of ether oxygens (including phenoxy) is 2. The van der Waals surface area contributed by atoms with Crippen LogP contribution < -0.4 is 9.64 Å². The zero-order valence-electron chi connectivity index (χ0n) is 18.2. The van der Waals surface area contributed by atoms with Crippen LogP contribution in [0.3, 0.4) is 0 Å². The summed E-state index contributed by atoms with van der Waals surface area (Å²) in [4.78, 5) is 22.8. The number of benzene rings is 1. The largest absolute Gasteiger partial charge is 0.480 e. The van der Waals surface area contributed by atoms with Gasteiger partial charge in [0, 0.05) is 46.7 Å². The van der Waals surface area contributed by atoms with Gasteiger partial charge < -0.3 is 19.4 Å². The van der Waals surface area contributed by atoms with Gasteiger partial charge in [0.15, 0.2) is 0 Å². The minimum atomic E-state index is -0.575. The van der Waals surface area contributed by atoms with Crippen molar-refractivity contribution in [1.29, 1.82) is 0 Å². The van der Waals surface area contributed by atoms with Gasteiger partial charge in [-0.25, -0.2) is 4.79 Å². The molecule has 0 atom stereocenters. The maximum atomic E-state index is 12.7. The van der Waals surface area contributed by atoms with Crippen LogP contribution in [-0.2, 0) is 4.74 Å². The molecule has 0 radical (unpaired) electrons. The van der Waals surface area contributed by atoms with Crippen LogP contribution >= 0.6 is 11.6 Å². The van der Waals surface area contributed by atoms with Gasteiger partial charge in [-0.2, -0.15) is 4.98 Å². The second-order valence-electron chi connectivity index (χ2n) is 9.66. The predicted octanol–water partition coefficient (Wildman–Crippen LogP) is 5.45. The number of aromatic nitrogens is 2. The lowest BCUT2D eigenvalue weighted by Gasteiger charge is -2.41. The number of carbonyl (C=O) groups is 1. The normalized spacial score (nSPS) is 17.0. The molecule has 31 heavy (non-hydrogen) atoms. The summed E-state index contributed by atoms with van der Waals surface area (Å²) >= 11 is 6.62. The number of methoxy groups -OCH3 is 1. The number of carbonyl (C=O) groups excluding carboxylic acids is 1. The van der Waals surface area contributed by atoms with Gasteiger partial charge >= 0.3 is 5.97 Å². The summed E-state index contributed by atoms with van der Waals surface area (Å²) in [6.45, 7) is 7.69. The summed E-state index contributed by atoms with van der Waals surface area (Å²) in [6.07, 6.45) is 4.31. The number of aromatic amines is 1. The fourth-order valence-corrected chi connectivity index (χ4v) is 4.50. The molecule has 3 heterocycles. The molecule has 1 saturated heterocycles. The highest BCUT2D eigenvalue weighted by molar-refractivity contribution is 6.34. The zero-order chi connectivity index (χ0) is 22.0. The Morgan fingerprint density at radius 3 is 2.58 bits per heavy atom. The molecule has 1 aromatic carbocycles. The van der Waals surface area contributed by atoms with Crippen LogP contribution in [0.25, 0.3) is 22.0 Å². The number of H-pyrrole nitrogens is 1. The molecule has 2 fully saturated rings. The molecule has 2 aliphatic rings. The molecule has 1 aliphatic carbocycles. The Morgan fingerprint density at radius 2 is 1.94 bits per heavy atom. The van der Waals surface area contributed by atoms with Crippen LogP contribution in [0.4, 0.5) is 5.82 Å². The molecule has 1 N–H and O–H groups in total. The first kappa shape index (κ1) is 20.2. The quantitative estimate of drug-likeness (QED) is 0.547. The molecule has 2 aromatic heterocycles. The molecule has 7 heteroatoms. The third kappa shape index (κ3) is 3.63. The molecular weight excluding hydrogens is 414 g/mol. The topological polar surface area (TPSA) is 67.4 Å². The van der Waals surface area contributed by atoms with Gasteiger partial charge in [-0.1, -0.05) is 11.6 Å². The van der Waals surface area contributed by atoms with Crippen molar-refractivity contribution >= 4 is 34.3 Å². The van der Waals surface area contributed by atoms with Gasteiger partial charge in [-0.3, -0.25) is 0 Å². The number of hydrogen-bond acceptors (Lipinski definition) is 5. The van der Waals surface area contributed by atoms with Gasteiger partial charge in [0.2, 0.25) is 5.88 Å². The Hall–Kier alpha value is -2.73. The van der Waals surface area contributed by atoms with Crippen LogP contribution in [0.15, 0.2) is 30.5 Å². The van der Waals surface area contributed by atoms with E-state index in [0.717, 1.165) is 40.9 Å². The molecule has 5 rings (SSSR count). The molecule has 162 valence electrons. The van der Waals surface area contributed by atoms with Gasteiger partial charge in [0.25, 0.3) is 0 Å². The van der Waals surface area contributed by atoms with Gasteiger partial charge in [-0.15, -0.1) is 0 Å². The van der Waals surface area contributed by atoms with E-state index in [4.69, 9.17) is 26.1 Å².